The Labute approximate surface area is 59.9 Å². The van der Waals surface area contributed by atoms with E-state index in [0.717, 1.165) is 0 Å². The van der Waals surface area contributed by atoms with Crippen LogP contribution < -0.4 is 0 Å². The molecule has 0 aliphatic carbocycles. The second kappa shape index (κ2) is 3.03. The van der Waals surface area contributed by atoms with E-state index in [4.69, 9.17) is 9.84 Å². The Balaban J connectivity index is 2.56. The van der Waals surface area contributed by atoms with E-state index in [1.54, 1.807) is 0 Å². The summed E-state index contributed by atoms with van der Waals surface area (Å²) in [5.41, 5.74) is 0. The Morgan fingerprint density at radius 1 is 1.50 bits per heavy atom. The fraction of sp³-hybridized carbons (Fsp3) is 0.714. The summed E-state index contributed by atoms with van der Waals surface area (Å²) >= 11 is 0. The lowest BCUT2D eigenvalue weighted by Crippen LogP contribution is -2.39. The average Bonchev–Trinajstić information content (AvgIpc) is 1.95. The summed E-state index contributed by atoms with van der Waals surface area (Å²) in [6.07, 6.45) is 1.80. The van der Waals surface area contributed by atoms with Crippen LogP contribution in [0.25, 0.3) is 0 Å². The lowest BCUT2D eigenvalue weighted by atomic mass is 10.0. The SMILES string of the molecule is CCC1OC=CC(O)C1O. The van der Waals surface area contributed by atoms with Gasteiger partial charge in [0.1, 0.15) is 18.3 Å². The summed E-state index contributed by atoms with van der Waals surface area (Å²) in [6.45, 7) is 1.90. The van der Waals surface area contributed by atoms with Gasteiger partial charge in [-0.25, -0.2) is 0 Å². The van der Waals surface area contributed by atoms with Crippen molar-refractivity contribution in [3.8, 4) is 0 Å². The molecule has 0 saturated carbocycles. The standard InChI is InChI=1S/C7H12O3/c1-2-6-7(9)5(8)3-4-10-6/h3-9H,2H2,1H3. The van der Waals surface area contributed by atoms with Crippen molar-refractivity contribution in [1.29, 1.82) is 0 Å². The zero-order chi connectivity index (χ0) is 7.56. The molecule has 0 fully saturated rings. The summed E-state index contributed by atoms with van der Waals surface area (Å²) < 4.78 is 5.02. The number of hydrogen-bond donors (Lipinski definition) is 2. The molecule has 1 aliphatic heterocycles. The minimum Gasteiger partial charge on any atom is -0.495 e. The van der Waals surface area contributed by atoms with Crippen molar-refractivity contribution in [2.45, 2.75) is 31.7 Å². The Kier molecular flexibility index (Phi) is 2.29. The Hall–Kier alpha value is -0.540. The molecule has 3 atom stereocenters. The summed E-state index contributed by atoms with van der Waals surface area (Å²) in [4.78, 5) is 0. The fourth-order valence-electron chi connectivity index (χ4n) is 0.979. The number of aliphatic hydroxyl groups is 2. The maximum atomic E-state index is 9.21. The average molecular weight is 144 g/mol. The van der Waals surface area contributed by atoms with Crippen LogP contribution in [-0.4, -0.2) is 28.5 Å². The summed E-state index contributed by atoms with van der Waals surface area (Å²) in [6, 6.07) is 0. The van der Waals surface area contributed by atoms with Gasteiger partial charge in [-0.2, -0.15) is 0 Å². The van der Waals surface area contributed by atoms with Crippen molar-refractivity contribution in [2.75, 3.05) is 0 Å². The summed E-state index contributed by atoms with van der Waals surface area (Å²) in [7, 11) is 0. The van der Waals surface area contributed by atoms with Crippen molar-refractivity contribution in [3.63, 3.8) is 0 Å². The molecule has 1 rings (SSSR count). The monoisotopic (exact) mass is 144 g/mol. The van der Waals surface area contributed by atoms with Crippen LogP contribution in [0.3, 0.4) is 0 Å². The molecule has 0 saturated heterocycles. The van der Waals surface area contributed by atoms with E-state index in [1.807, 2.05) is 6.92 Å². The highest BCUT2D eigenvalue weighted by Crippen LogP contribution is 2.14. The number of rotatable bonds is 1. The third-order valence-electron chi connectivity index (χ3n) is 1.66. The fourth-order valence-corrected chi connectivity index (χ4v) is 0.979. The number of ether oxygens (including phenoxy) is 1. The van der Waals surface area contributed by atoms with Gasteiger partial charge in [0.15, 0.2) is 0 Å². The van der Waals surface area contributed by atoms with Gasteiger partial charge in [0.2, 0.25) is 0 Å². The second-order valence-electron chi connectivity index (χ2n) is 2.39. The van der Waals surface area contributed by atoms with E-state index in [-0.39, 0.29) is 6.10 Å². The lowest BCUT2D eigenvalue weighted by molar-refractivity contribution is -0.0634. The Morgan fingerprint density at radius 3 is 2.70 bits per heavy atom. The molecule has 10 heavy (non-hydrogen) atoms. The number of aliphatic hydroxyl groups excluding tert-OH is 2. The van der Waals surface area contributed by atoms with Crippen molar-refractivity contribution in [2.24, 2.45) is 0 Å². The van der Waals surface area contributed by atoms with Gasteiger partial charge in [-0.3, -0.25) is 0 Å². The maximum absolute atomic E-state index is 9.21. The zero-order valence-electron chi connectivity index (χ0n) is 5.90. The maximum Gasteiger partial charge on any atom is 0.126 e. The molecule has 0 amide bonds. The van der Waals surface area contributed by atoms with Crippen LogP contribution >= 0.6 is 0 Å². The Morgan fingerprint density at radius 2 is 2.20 bits per heavy atom. The van der Waals surface area contributed by atoms with Gasteiger partial charge in [-0.1, -0.05) is 6.92 Å². The predicted octanol–water partition coefficient (Wildman–Crippen LogP) is 0.0307. The quantitative estimate of drug-likeness (QED) is 0.546. The third-order valence-corrected chi connectivity index (χ3v) is 1.66. The molecule has 0 bridgehead atoms. The van der Waals surface area contributed by atoms with E-state index in [9.17, 15) is 5.11 Å². The first-order valence-corrected chi connectivity index (χ1v) is 3.44. The predicted molar refractivity (Wildman–Crippen MR) is 36.3 cm³/mol. The molecule has 1 aliphatic rings. The molecule has 0 aromatic carbocycles. The smallest absolute Gasteiger partial charge is 0.126 e. The molecular weight excluding hydrogens is 132 g/mol. The molecular formula is C7H12O3. The van der Waals surface area contributed by atoms with Gasteiger partial charge in [-0.05, 0) is 12.5 Å². The van der Waals surface area contributed by atoms with Crippen LogP contribution in [0.1, 0.15) is 13.3 Å². The topological polar surface area (TPSA) is 49.7 Å². The van der Waals surface area contributed by atoms with Crippen LogP contribution in [0.4, 0.5) is 0 Å². The first-order valence-electron chi connectivity index (χ1n) is 3.44. The highest BCUT2D eigenvalue weighted by atomic mass is 16.5. The summed E-state index contributed by atoms with van der Waals surface area (Å²) in [5.74, 6) is 0. The molecule has 2 N–H and O–H groups in total. The van der Waals surface area contributed by atoms with Gasteiger partial charge in [0.05, 0.1) is 6.26 Å². The van der Waals surface area contributed by atoms with E-state index in [2.05, 4.69) is 0 Å². The normalized spacial score (nSPS) is 39.3. The van der Waals surface area contributed by atoms with Gasteiger partial charge in [0, 0.05) is 0 Å². The largest absolute Gasteiger partial charge is 0.495 e. The second-order valence-corrected chi connectivity index (χ2v) is 2.39. The minimum absolute atomic E-state index is 0.250. The van der Waals surface area contributed by atoms with Crippen molar-refractivity contribution < 1.29 is 14.9 Å². The highest BCUT2D eigenvalue weighted by molar-refractivity contribution is 4.96. The van der Waals surface area contributed by atoms with Crippen molar-refractivity contribution in [3.05, 3.63) is 12.3 Å². The van der Waals surface area contributed by atoms with Crippen LogP contribution in [-0.2, 0) is 4.74 Å². The van der Waals surface area contributed by atoms with Gasteiger partial charge in [0.25, 0.3) is 0 Å². The van der Waals surface area contributed by atoms with Crippen LogP contribution in [0, 0.1) is 0 Å². The highest BCUT2D eigenvalue weighted by Gasteiger charge is 2.26. The molecule has 3 heteroatoms. The molecule has 0 aromatic heterocycles. The van der Waals surface area contributed by atoms with Crippen molar-refractivity contribution >= 4 is 0 Å². The first-order chi connectivity index (χ1) is 4.75. The van der Waals surface area contributed by atoms with E-state index >= 15 is 0 Å². The molecule has 3 unspecified atom stereocenters. The molecule has 3 nitrogen and oxygen atoms in total. The lowest BCUT2D eigenvalue weighted by Gasteiger charge is -2.27. The molecule has 58 valence electrons. The van der Waals surface area contributed by atoms with E-state index < -0.39 is 12.2 Å². The summed E-state index contributed by atoms with van der Waals surface area (Å²) in [5, 5.41) is 18.3. The van der Waals surface area contributed by atoms with E-state index in [0.29, 0.717) is 6.42 Å². The zero-order valence-corrected chi connectivity index (χ0v) is 5.90. The Bertz CT molecular complexity index is 133. The third kappa shape index (κ3) is 1.30. The van der Waals surface area contributed by atoms with Crippen molar-refractivity contribution in [1.82, 2.24) is 0 Å². The molecule has 0 aromatic rings. The van der Waals surface area contributed by atoms with Gasteiger partial charge in [-0.15, -0.1) is 0 Å². The van der Waals surface area contributed by atoms with E-state index in [1.165, 1.54) is 12.3 Å². The minimum atomic E-state index is -0.769. The van der Waals surface area contributed by atoms with Crippen LogP contribution in [0.2, 0.25) is 0 Å². The number of hydrogen-bond acceptors (Lipinski definition) is 3. The molecule has 0 radical (unpaired) electrons. The first kappa shape index (κ1) is 7.57. The van der Waals surface area contributed by atoms with Gasteiger partial charge < -0.3 is 14.9 Å². The molecule has 1 heterocycles. The molecule has 0 spiro atoms. The van der Waals surface area contributed by atoms with Crippen LogP contribution in [0.5, 0.6) is 0 Å². The van der Waals surface area contributed by atoms with Gasteiger partial charge >= 0.3 is 0 Å². The van der Waals surface area contributed by atoms with Crippen LogP contribution in [0.15, 0.2) is 12.3 Å².